The Morgan fingerprint density at radius 1 is 1.20 bits per heavy atom. The van der Waals surface area contributed by atoms with Crippen LogP contribution >= 0.6 is 0 Å². The number of methoxy groups -OCH3 is 1. The van der Waals surface area contributed by atoms with Gasteiger partial charge in [-0.3, -0.25) is 4.79 Å². The molecule has 2 aromatic carbocycles. The van der Waals surface area contributed by atoms with Gasteiger partial charge in [-0.15, -0.1) is 0 Å². The van der Waals surface area contributed by atoms with Crippen molar-refractivity contribution in [3.63, 3.8) is 0 Å². The predicted octanol–water partition coefficient (Wildman–Crippen LogP) is 3.89. The summed E-state index contributed by atoms with van der Waals surface area (Å²) in [6.07, 6.45) is 0.427. The number of benzene rings is 2. The van der Waals surface area contributed by atoms with E-state index in [1.54, 1.807) is 12.0 Å². The van der Waals surface area contributed by atoms with Crippen molar-refractivity contribution >= 4 is 26.7 Å². The zero-order valence-corrected chi connectivity index (χ0v) is 18.2. The van der Waals surface area contributed by atoms with Gasteiger partial charge in [0, 0.05) is 23.5 Å². The largest absolute Gasteiger partial charge is 0.497 e. The highest BCUT2D eigenvalue weighted by Gasteiger charge is 2.36. The summed E-state index contributed by atoms with van der Waals surface area (Å²) in [7, 11) is -1.56. The number of hydrogen-bond acceptors (Lipinski definition) is 5. The van der Waals surface area contributed by atoms with Gasteiger partial charge in [-0.05, 0) is 50.1 Å². The van der Waals surface area contributed by atoms with E-state index >= 15 is 0 Å². The zero-order chi connectivity index (χ0) is 21.5. The zero-order valence-electron chi connectivity index (χ0n) is 17.3. The second-order valence-corrected chi connectivity index (χ2v) is 10.1. The molecule has 0 radical (unpaired) electrons. The third kappa shape index (κ3) is 3.94. The molecule has 7 heteroatoms. The fourth-order valence-electron chi connectivity index (χ4n) is 4.02. The Bertz CT molecular complexity index is 1210. The minimum absolute atomic E-state index is 0.0267. The molecule has 1 aromatic heterocycles. The van der Waals surface area contributed by atoms with E-state index in [1.165, 1.54) is 0 Å². The molecule has 1 aliphatic rings. The van der Waals surface area contributed by atoms with Gasteiger partial charge in [0.1, 0.15) is 11.3 Å². The summed E-state index contributed by atoms with van der Waals surface area (Å²) in [5, 5.41) is 0.902. The summed E-state index contributed by atoms with van der Waals surface area (Å²) in [4.78, 5) is 15.2. The second kappa shape index (κ2) is 7.80. The Balaban J connectivity index is 1.73. The molecule has 1 atom stereocenters. The molecule has 4 rings (SSSR count). The summed E-state index contributed by atoms with van der Waals surface area (Å²) >= 11 is 0. The van der Waals surface area contributed by atoms with Gasteiger partial charge in [0.25, 0.3) is 5.91 Å². The molecule has 3 aromatic rings. The Morgan fingerprint density at radius 3 is 2.70 bits per heavy atom. The molecule has 0 bridgehead atoms. The number of aryl methyl sites for hydroxylation is 2. The molecule has 0 saturated carbocycles. The van der Waals surface area contributed by atoms with E-state index in [1.807, 2.05) is 56.3 Å². The van der Waals surface area contributed by atoms with Crippen LogP contribution in [0.3, 0.4) is 0 Å². The van der Waals surface area contributed by atoms with Gasteiger partial charge in [0.2, 0.25) is 0 Å². The SMILES string of the molecule is COc1cccc(CN(C(=O)c2oc3ccc(C)cc3c2C)[C@@H]2CCS(=O)(=O)C2)c1. The third-order valence-corrected chi connectivity index (χ3v) is 7.43. The highest BCUT2D eigenvalue weighted by molar-refractivity contribution is 7.91. The fourth-order valence-corrected chi connectivity index (χ4v) is 5.76. The summed E-state index contributed by atoms with van der Waals surface area (Å²) in [6, 6.07) is 12.9. The van der Waals surface area contributed by atoms with Crippen molar-refractivity contribution in [2.45, 2.75) is 32.9 Å². The molecule has 158 valence electrons. The van der Waals surface area contributed by atoms with Crippen LogP contribution in [0, 0.1) is 13.8 Å². The summed E-state index contributed by atoms with van der Waals surface area (Å²) in [5.41, 5.74) is 3.38. The second-order valence-electron chi connectivity index (χ2n) is 7.90. The molecular formula is C23H25NO5S. The van der Waals surface area contributed by atoms with E-state index < -0.39 is 9.84 Å². The van der Waals surface area contributed by atoms with Crippen LogP contribution in [0.15, 0.2) is 46.9 Å². The minimum Gasteiger partial charge on any atom is -0.497 e. The highest BCUT2D eigenvalue weighted by Crippen LogP contribution is 2.30. The highest BCUT2D eigenvalue weighted by atomic mass is 32.2. The van der Waals surface area contributed by atoms with E-state index in [9.17, 15) is 13.2 Å². The molecule has 0 spiro atoms. The molecule has 1 amide bonds. The van der Waals surface area contributed by atoms with Gasteiger partial charge < -0.3 is 14.1 Å². The van der Waals surface area contributed by atoms with Crippen molar-refractivity contribution in [3.8, 4) is 5.75 Å². The lowest BCUT2D eigenvalue weighted by molar-refractivity contribution is 0.0649. The lowest BCUT2D eigenvalue weighted by Gasteiger charge is -2.28. The summed E-state index contributed by atoms with van der Waals surface area (Å²) in [6.45, 7) is 4.14. The van der Waals surface area contributed by atoms with E-state index in [-0.39, 0.29) is 35.8 Å². The normalized spacial score (nSPS) is 17.9. The monoisotopic (exact) mass is 427 g/mol. The number of nitrogens with zero attached hydrogens (tertiary/aromatic N) is 1. The maximum atomic E-state index is 13.6. The topological polar surface area (TPSA) is 76.8 Å². The number of amides is 1. The number of carbonyl (C=O) groups excluding carboxylic acids is 1. The van der Waals surface area contributed by atoms with Crippen LogP contribution in [0.4, 0.5) is 0 Å². The van der Waals surface area contributed by atoms with Gasteiger partial charge >= 0.3 is 0 Å². The minimum atomic E-state index is -3.15. The van der Waals surface area contributed by atoms with E-state index in [4.69, 9.17) is 9.15 Å². The van der Waals surface area contributed by atoms with Gasteiger partial charge in [0.15, 0.2) is 15.6 Å². The van der Waals surface area contributed by atoms with Crippen molar-refractivity contribution in [2.24, 2.45) is 0 Å². The molecule has 6 nitrogen and oxygen atoms in total. The smallest absolute Gasteiger partial charge is 0.290 e. The van der Waals surface area contributed by atoms with Crippen molar-refractivity contribution < 1.29 is 22.4 Å². The van der Waals surface area contributed by atoms with E-state index in [0.29, 0.717) is 17.8 Å². The maximum absolute atomic E-state index is 13.6. The van der Waals surface area contributed by atoms with Crippen molar-refractivity contribution in [1.29, 1.82) is 0 Å². The number of hydrogen-bond donors (Lipinski definition) is 0. The van der Waals surface area contributed by atoms with Gasteiger partial charge in [-0.1, -0.05) is 23.8 Å². The molecule has 0 N–H and O–H groups in total. The quantitative estimate of drug-likeness (QED) is 0.617. The number of furan rings is 1. The Labute approximate surface area is 176 Å². The van der Waals surface area contributed by atoms with E-state index in [2.05, 4.69) is 0 Å². The van der Waals surface area contributed by atoms with Crippen LogP contribution in [0.2, 0.25) is 0 Å². The van der Waals surface area contributed by atoms with Gasteiger partial charge in [-0.25, -0.2) is 8.42 Å². The standard InChI is InChI=1S/C23H25NO5S/c1-15-7-8-21-20(11-15)16(2)22(29-21)23(25)24(18-9-10-30(26,27)14-18)13-17-5-4-6-19(12-17)28-3/h4-8,11-12,18H,9-10,13-14H2,1-3H3/t18-/m1/s1. The van der Waals surface area contributed by atoms with E-state index in [0.717, 1.165) is 22.1 Å². The average Bonchev–Trinajstić information content (AvgIpc) is 3.25. The van der Waals surface area contributed by atoms with Crippen LogP contribution in [-0.4, -0.2) is 43.9 Å². The molecule has 2 heterocycles. The molecule has 1 saturated heterocycles. The first-order valence-corrected chi connectivity index (χ1v) is 11.7. The first-order valence-electron chi connectivity index (χ1n) is 9.91. The molecule has 30 heavy (non-hydrogen) atoms. The van der Waals surface area contributed by atoms with Crippen LogP contribution < -0.4 is 4.74 Å². The van der Waals surface area contributed by atoms with Crippen LogP contribution in [0.1, 0.15) is 33.7 Å². The molecule has 1 aliphatic heterocycles. The molecular weight excluding hydrogens is 402 g/mol. The fraction of sp³-hybridized carbons (Fsp3) is 0.348. The third-order valence-electron chi connectivity index (χ3n) is 5.68. The maximum Gasteiger partial charge on any atom is 0.290 e. The van der Waals surface area contributed by atoms with Crippen LogP contribution in [0.5, 0.6) is 5.75 Å². The Hall–Kier alpha value is -2.80. The van der Waals surface area contributed by atoms with Crippen LogP contribution in [0.25, 0.3) is 11.0 Å². The number of carbonyl (C=O) groups is 1. The number of rotatable bonds is 5. The molecule has 0 unspecified atom stereocenters. The van der Waals surface area contributed by atoms with Crippen LogP contribution in [-0.2, 0) is 16.4 Å². The van der Waals surface area contributed by atoms with Gasteiger partial charge in [0.05, 0.1) is 18.6 Å². The number of fused-ring (bicyclic) bond motifs is 1. The predicted molar refractivity (Wildman–Crippen MR) is 116 cm³/mol. The first kappa shape index (κ1) is 20.5. The van der Waals surface area contributed by atoms with Gasteiger partial charge in [-0.2, -0.15) is 0 Å². The lowest BCUT2D eigenvalue weighted by atomic mass is 10.1. The number of ether oxygens (including phenoxy) is 1. The Kier molecular flexibility index (Phi) is 5.32. The summed E-state index contributed by atoms with van der Waals surface area (Å²) < 4.78 is 35.5. The number of sulfone groups is 1. The van der Waals surface area contributed by atoms with Crippen molar-refractivity contribution in [3.05, 3.63) is 64.9 Å². The van der Waals surface area contributed by atoms with Crippen molar-refractivity contribution in [1.82, 2.24) is 4.90 Å². The molecule has 1 fully saturated rings. The molecule has 0 aliphatic carbocycles. The first-order chi connectivity index (χ1) is 14.3. The lowest BCUT2D eigenvalue weighted by Crippen LogP contribution is -2.40. The Morgan fingerprint density at radius 2 is 2.00 bits per heavy atom. The van der Waals surface area contributed by atoms with Crippen molar-refractivity contribution in [2.75, 3.05) is 18.6 Å². The summed E-state index contributed by atoms with van der Waals surface area (Å²) in [5.74, 6) is 0.738. The average molecular weight is 428 g/mol.